The summed E-state index contributed by atoms with van der Waals surface area (Å²) in [6.45, 7) is 1.33. The molecule has 1 aliphatic heterocycles. The average Bonchev–Trinajstić information content (AvgIpc) is 3.05. The van der Waals surface area contributed by atoms with E-state index in [2.05, 4.69) is 27.0 Å². The highest BCUT2D eigenvalue weighted by atomic mass is 79.9. The van der Waals surface area contributed by atoms with E-state index in [9.17, 15) is 4.79 Å². The number of hydrogen-bond donors (Lipinski definition) is 1. The zero-order chi connectivity index (χ0) is 14.8. The molecular formula is C14H13BrN2O3S. The van der Waals surface area contributed by atoms with Crippen molar-refractivity contribution in [2.45, 2.75) is 18.1 Å². The Bertz CT molecular complexity index is 687. The highest BCUT2D eigenvalue weighted by Gasteiger charge is 2.18. The van der Waals surface area contributed by atoms with Crippen molar-refractivity contribution in [2.24, 2.45) is 0 Å². The highest BCUT2D eigenvalue weighted by molar-refractivity contribution is 9.10. The molecule has 110 valence electrons. The summed E-state index contributed by atoms with van der Waals surface area (Å²) >= 11 is 4.74. The molecular weight excluding hydrogens is 356 g/mol. The Kier molecular flexibility index (Phi) is 4.21. The first-order valence-electron chi connectivity index (χ1n) is 6.43. The van der Waals surface area contributed by atoms with Gasteiger partial charge >= 0.3 is 5.97 Å². The molecule has 5 nitrogen and oxygen atoms in total. The molecule has 0 saturated heterocycles. The van der Waals surface area contributed by atoms with Gasteiger partial charge in [0.1, 0.15) is 5.75 Å². The second kappa shape index (κ2) is 6.11. The van der Waals surface area contributed by atoms with Gasteiger partial charge in [-0.3, -0.25) is 4.79 Å². The van der Waals surface area contributed by atoms with Crippen LogP contribution in [0.5, 0.6) is 5.75 Å². The number of ether oxygens (including phenoxy) is 1. The third-order valence-electron chi connectivity index (χ3n) is 3.17. The number of hydrogen-bond acceptors (Lipinski definition) is 4. The fraction of sp³-hybridized carbons (Fsp3) is 0.286. The van der Waals surface area contributed by atoms with Crippen molar-refractivity contribution in [3.63, 3.8) is 0 Å². The van der Waals surface area contributed by atoms with Crippen LogP contribution in [-0.4, -0.2) is 33.0 Å². The number of nitrogens with zero attached hydrogens (tertiary/aromatic N) is 2. The van der Waals surface area contributed by atoms with Crippen molar-refractivity contribution >= 4 is 33.7 Å². The number of benzene rings is 1. The van der Waals surface area contributed by atoms with Crippen LogP contribution in [0.1, 0.15) is 11.1 Å². The van der Waals surface area contributed by atoms with Crippen LogP contribution in [0.4, 0.5) is 0 Å². The molecule has 0 unspecified atom stereocenters. The number of thioether (sulfide) groups is 1. The number of carbonyl (C=O) groups is 1. The van der Waals surface area contributed by atoms with Crippen LogP contribution in [-0.2, 0) is 17.8 Å². The smallest absolute Gasteiger partial charge is 0.313 e. The molecule has 2 heterocycles. The standard InChI is InChI=1S/C14H13BrN2O3S/c15-11-5-9-1-4-20-13(9)10(6-11)7-17-3-2-16-14(17)21-8-12(18)19/h2-3,5-6H,1,4,7-8H2,(H,18,19). The summed E-state index contributed by atoms with van der Waals surface area (Å²) in [5.74, 6) is 0.103. The average molecular weight is 369 g/mol. The maximum absolute atomic E-state index is 10.7. The number of aromatic nitrogens is 2. The van der Waals surface area contributed by atoms with Crippen LogP contribution in [0.25, 0.3) is 0 Å². The Morgan fingerprint density at radius 2 is 2.38 bits per heavy atom. The number of aliphatic carboxylic acids is 1. The zero-order valence-corrected chi connectivity index (χ0v) is 13.5. The third kappa shape index (κ3) is 3.24. The quantitative estimate of drug-likeness (QED) is 0.822. The summed E-state index contributed by atoms with van der Waals surface area (Å²) in [6, 6.07) is 4.12. The lowest BCUT2D eigenvalue weighted by atomic mass is 10.1. The van der Waals surface area contributed by atoms with Gasteiger partial charge in [-0.1, -0.05) is 27.7 Å². The van der Waals surface area contributed by atoms with Crippen molar-refractivity contribution in [3.8, 4) is 5.75 Å². The van der Waals surface area contributed by atoms with Gasteiger partial charge in [0.25, 0.3) is 0 Å². The van der Waals surface area contributed by atoms with Crippen LogP contribution in [0.15, 0.2) is 34.2 Å². The molecule has 1 N–H and O–H groups in total. The summed E-state index contributed by atoms with van der Waals surface area (Å²) in [5, 5.41) is 9.47. The maximum Gasteiger partial charge on any atom is 0.313 e. The normalized spacial score (nSPS) is 13.0. The second-order valence-electron chi connectivity index (χ2n) is 4.67. The van der Waals surface area contributed by atoms with Gasteiger partial charge in [-0.25, -0.2) is 4.98 Å². The minimum absolute atomic E-state index is 0.00407. The molecule has 0 fully saturated rings. The topological polar surface area (TPSA) is 64.3 Å². The van der Waals surface area contributed by atoms with Crippen molar-refractivity contribution in [3.05, 3.63) is 40.1 Å². The first-order valence-corrected chi connectivity index (χ1v) is 8.21. The van der Waals surface area contributed by atoms with Crippen molar-refractivity contribution < 1.29 is 14.6 Å². The van der Waals surface area contributed by atoms with Gasteiger partial charge in [0, 0.05) is 28.9 Å². The number of fused-ring (bicyclic) bond motifs is 1. The Morgan fingerprint density at radius 3 is 3.19 bits per heavy atom. The Balaban J connectivity index is 1.85. The van der Waals surface area contributed by atoms with Gasteiger partial charge in [-0.15, -0.1) is 0 Å². The molecule has 1 aromatic carbocycles. The number of imidazole rings is 1. The molecule has 2 aromatic rings. The lowest BCUT2D eigenvalue weighted by Gasteiger charge is -2.11. The van der Waals surface area contributed by atoms with E-state index < -0.39 is 5.97 Å². The van der Waals surface area contributed by atoms with Crippen molar-refractivity contribution in [1.29, 1.82) is 0 Å². The van der Waals surface area contributed by atoms with Crippen LogP contribution in [0, 0.1) is 0 Å². The Labute approximate surface area is 134 Å². The molecule has 0 bridgehead atoms. The van der Waals surface area contributed by atoms with Gasteiger partial charge in [-0.05, 0) is 17.7 Å². The summed E-state index contributed by atoms with van der Waals surface area (Å²) in [5.41, 5.74) is 2.28. The van der Waals surface area contributed by atoms with Gasteiger partial charge in [-0.2, -0.15) is 0 Å². The molecule has 0 radical (unpaired) electrons. The molecule has 7 heteroatoms. The third-order valence-corrected chi connectivity index (χ3v) is 4.62. The van der Waals surface area contributed by atoms with Gasteiger partial charge < -0.3 is 14.4 Å². The van der Waals surface area contributed by atoms with Crippen LogP contribution >= 0.6 is 27.7 Å². The Hall–Kier alpha value is -1.47. The van der Waals surface area contributed by atoms with E-state index in [1.165, 1.54) is 17.3 Å². The molecule has 1 aliphatic rings. The fourth-order valence-corrected chi connectivity index (χ4v) is 3.56. The summed E-state index contributed by atoms with van der Waals surface area (Å²) in [6.07, 6.45) is 4.46. The van der Waals surface area contributed by atoms with E-state index >= 15 is 0 Å². The van der Waals surface area contributed by atoms with Gasteiger partial charge in [0.2, 0.25) is 0 Å². The van der Waals surface area contributed by atoms with E-state index in [-0.39, 0.29) is 5.75 Å². The van der Waals surface area contributed by atoms with Crippen molar-refractivity contribution in [1.82, 2.24) is 9.55 Å². The predicted molar refractivity (Wildman–Crippen MR) is 83.0 cm³/mol. The monoisotopic (exact) mass is 368 g/mol. The molecule has 0 saturated carbocycles. The summed E-state index contributed by atoms with van der Waals surface area (Å²) in [4.78, 5) is 14.9. The molecule has 0 atom stereocenters. The first-order chi connectivity index (χ1) is 10.1. The lowest BCUT2D eigenvalue weighted by molar-refractivity contribution is -0.133. The number of rotatable bonds is 5. The zero-order valence-electron chi connectivity index (χ0n) is 11.1. The van der Waals surface area contributed by atoms with Crippen LogP contribution in [0.2, 0.25) is 0 Å². The van der Waals surface area contributed by atoms with E-state index in [0.29, 0.717) is 18.3 Å². The minimum Gasteiger partial charge on any atom is -0.493 e. The first kappa shape index (κ1) is 14.5. The molecule has 0 spiro atoms. The van der Waals surface area contributed by atoms with Crippen LogP contribution < -0.4 is 4.74 Å². The summed E-state index contributed by atoms with van der Waals surface area (Å²) in [7, 11) is 0. The van der Waals surface area contributed by atoms with Crippen molar-refractivity contribution in [2.75, 3.05) is 12.4 Å². The molecule has 21 heavy (non-hydrogen) atoms. The molecule has 0 amide bonds. The van der Waals surface area contributed by atoms with Crippen LogP contribution in [0.3, 0.4) is 0 Å². The van der Waals surface area contributed by atoms with E-state index in [1.54, 1.807) is 6.20 Å². The fourth-order valence-electron chi connectivity index (χ4n) is 2.33. The minimum atomic E-state index is -0.846. The molecule has 0 aliphatic carbocycles. The van der Waals surface area contributed by atoms with E-state index in [1.807, 2.05) is 16.8 Å². The SMILES string of the molecule is O=C(O)CSc1nccn1Cc1cc(Br)cc2c1OCC2. The Morgan fingerprint density at radius 1 is 1.52 bits per heavy atom. The van der Waals surface area contributed by atoms with Gasteiger partial charge in [0.05, 0.1) is 18.9 Å². The predicted octanol–water partition coefficient (Wildman–Crippen LogP) is 2.81. The van der Waals surface area contributed by atoms with E-state index in [0.717, 1.165) is 22.2 Å². The van der Waals surface area contributed by atoms with E-state index in [4.69, 9.17) is 9.84 Å². The lowest BCUT2D eigenvalue weighted by Crippen LogP contribution is -2.05. The summed E-state index contributed by atoms with van der Waals surface area (Å²) < 4.78 is 8.69. The highest BCUT2D eigenvalue weighted by Crippen LogP contribution is 2.34. The second-order valence-corrected chi connectivity index (χ2v) is 6.53. The number of halogens is 1. The maximum atomic E-state index is 10.7. The largest absolute Gasteiger partial charge is 0.493 e. The van der Waals surface area contributed by atoms with Gasteiger partial charge in [0.15, 0.2) is 5.16 Å². The molecule has 3 rings (SSSR count). The number of carboxylic acids is 1. The molecule has 1 aromatic heterocycles. The number of carboxylic acid groups (broad SMARTS) is 1.